The lowest BCUT2D eigenvalue weighted by Crippen LogP contribution is -2.46. The Hall–Kier alpha value is -4.19. The van der Waals surface area contributed by atoms with Crippen LogP contribution in [0.3, 0.4) is 0 Å². The molecule has 0 saturated carbocycles. The van der Waals surface area contributed by atoms with Crippen LogP contribution in [0.25, 0.3) is 33.1 Å². The fourth-order valence-corrected chi connectivity index (χ4v) is 4.21. The van der Waals surface area contributed by atoms with Crippen molar-refractivity contribution < 1.29 is 9.53 Å². The van der Waals surface area contributed by atoms with Crippen LogP contribution in [0.1, 0.15) is 25.5 Å². The van der Waals surface area contributed by atoms with Gasteiger partial charge < -0.3 is 15.4 Å². The molecule has 1 aliphatic heterocycles. The molecule has 0 aliphatic carbocycles. The summed E-state index contributed by atoms with van der Waals surface area (Å²) < 4.78 is 5.26. The van der Waals surface area contributed by atoms with Gasteiger partial charge in [-0.3, -0.25) is 5.10 Å². The number of nitrogens with one attached hydrogen (secondary N) is 1. The molecule has 5 rings (SSSR count). The van der Waals surface area contributed by atoms with Crippen molar-refractivity contribution >= 4 is 33.8 Å². The predicted molar refractivity (Wildman–Crippen MR) is 120 cm³/mol. The molecular formula is C23H21N7O2. The Morgan fingerprint density at radius 2 is 1.94 bits per heavy atom. The maximum atomic E-state index is 11.2. The van der Waals surface area contributed by atoms with E-state index >= 15 is 0 Å². The summed E-state index contributed by atoms with van der Waals surface area (Å²) in [6.45, 7) is 3.01. The minimum atomic E-state index is -0.775. The molecule has 3 N–H and O–H groups in total. The van der Waals surface area contributed by atoms with Crippen LogP contribution in [-0.4, -0.2) is 44.9 Å². The van der Waals surface area contributed by atoms with Crippen molar-refractivity contribution in [3.8, 4) is 17.3 Å². The van der Waals surface area contributed by atoms with Crippen molar-refractivity contribution in [2.45, 2.75) is 25.4 Å². The molecule has 9 nitrogen and oxygen atoms in total. The molecule has 2 aromatic heterocycles. The SMILES string of the molecule is CC1(OC(N)=O)CCN(c2nc(C#N)c3c(-c4ccc5ccccc5c4)[nH]nc3n2)CC1. The van der Waals surface area contributed by atoms with E-state index in [1.54, 1.807) is 0 Å². The smallest absolute Gasteiger partial charge is 0.405 e. The van der Waals surface area contributed by atoms with E-state index in [0.29, 0.717) is 42.9 Å². The minimum absolute atomic E-state index is 0.267. The van der Waals surface area contributed by atoms with Crippen LogP contribution in [-0.2, 0) is 4.74 Å². The van der Waals surface area contributed by atoms with Gasteiger partial charge in [0, 0.05) is 31.5 Å². The van der Waals surface area contributed by atoms with Gasteiger partial charge in [-0.1, -0.05) is 36.4 Å². The van der Waals surface area contributed by atoms with E-state index in [-0.39, 0.29) is 5.69 Å². The van der Waals surface area contributed by atoms with Gasteiger partial charge in [0.2, 0.25) is 5.95 Å². The summed E-state index contributed by atoms with van der Waals surface area (Å²) in [5.41, 5.74) is 6.92. The minimum Gasteiger partial charge on any atom is -0.443 e. The molecular weight excluding hydrogens is 406 g/mol. The molecule has 9 heteroatoms. The first-order valence-electron chi connectivity index (χ1n) is 10.3. The normalized spacial score (nSPS) is 15.6. The summed E-state index contributed by atoms with van der Waals surface area (Å²) in [4.78, 5) is 22.3. The summed E-state index contributed by atoms with van der Waals surface area (Å²) in [5.74, 6) is 0.437. The van der Waals surface area contributed by atoms with Crippen LogP contribution >= 0.6 is 0 Å². The summed E-state index contributed by atoms with van der Waals surface area (Å²) in [6, 6.07) is 16.4. The van der Waals surface area contributed by atoms with Crippen LogP contribution in [0.5, 0.6) is 0 Å². The third kappa shape index (κ3) is 3.46. The van der Waals surface area contributed by atoms with E-state index in [9.17, 15) is 10.1 Å². The molecule has 0 spiro atoms. The molecule has 0 radical (unpaired) electrons. The largest absolute Gasteiger partial charge is 0.443 e. The third-order valence-electron chi connectivity index (χ3n) is 6.00. The van der Waals surface area contributed by atoms with Crippen molar-refractivity contribution in [2.24, 2.45) is 5.73 Å². The lowest BCUT2D eigenvalue weighted by Gasteiger charge is -2.38. The molecule has 1 amide bonds. The van der Waals surface area contributed by atoms with Crippen LogP contribution in [0.4, 0.5) is 10.7 Å². The maximum absolute atomic E-state index is 11.2. The lowest BCUT2D eigenvalue weighted by molar-refractivity contribution is 0.0125. The Kier molecular flexibility index (Phi) is 4.63. The van der Waals surface area contributed by atoms with E-state index in [2.05, 4.69) is 38.4 Å². The number of amides is 1. The highest BCUT2D eigenvalue weighted by atomic mass is 16.6. The highest BCUT2D eigenvalue weighted by molar-refractivity contribution is 5.97. The number of nitrogens with two attached hydrogens (primary N) is 1. The average molecular weight is 427 g/mol. The monoisotopic (exact) mass is 427 g/mol. The molecule has 1 saturated heterocycles. The van der Waals surface area contributed by atoms with Crippen LogP contribution in [0.2, 0.25) is 0 Å². The van der Waals surface area contributed by atoms with E-state index in [0.717, 1.165) is 22.0 Å². The second-order valence-corrected chi connectivity index (χ2v) is 8.20. The summed E-state index contributed by atoms with van der Waals surface area (Å²) in [5, 5.41) is 20.1. The molecule has 0 atom stereocenters. The maximum Gasteiger partial charge on any atom is 0.405 e. The number of carbonyl (C=O) groups is 1. The number of nitrogens with zero attached hydrogens (tertiary/aromatic N) is 5. The number of carbonyl (C=O) groups excluding carboxylic acids is 1. The van der Waals surface area contributed by atoms with Crippen molar-refractivity contribution in [2.75, 3.05) is 18.0 Å². The number of H-pyrrole nitrogens is 1. The van der Waals surface area contributed by atoms with Crippen molar-refractivity contribution in [3.63, 3.8) is 0 Å². The first-order chi connectivity index (χ1) is 15.5. The van der Waals surface area contributed by atoms with Gasteiger partial charge in [0.15, 0.2) is 11.3 Å². The molecule has 1 aliphatic rings. The Morgan fingerprint density at radius 3 is 2.66 bits per heavy atom. The van der Waals surface area contributed by atoms with Gasteiger partial charge in [-0.2, -0.15) is 15.3 Å². The topological polar surface area (TPSA) is 134 Å². The molecule has 0 unspecified atom stereocenters. The second kappa shape index (κ2) is 7.50. The number of benzene rings is 2. The summed E-state index contributed by atoms with van der Waals surface area (Å²) in [7, 11) is 0. The van der Waals surface area contributed by atoms with Crippen molar-refractivity contribution in [1.29, 1.82) is 5.26 Å². The first-order valence-corrected chi connectivity index (χ1v) is 10.3. The van der Waals surface area contributed by atoms with Gasteiger partial charge in [0.05, 0.1) is 11.1 Å². The highest BCUT2D eigenvalue weighted by Gasteiger charge is 2.34. The second-order valence-electron chi connectivity index (χ2n) is 8.20. The van der Waals surface area contributed by atoms with E-state index in [4.69, 9.17) is 10.5 Å². The zero-order valence-electron chi connectivity index (χ0n) is 17.5. The highest BCUT2D eigenvalue weighted by Crippen LogP contribution is 2.32. The fourth-order valence-electron chi connectivity index (χ4n) is 4.21. The zero-order chi connectivity index (χ0) is 22.3. The molecule has 4 aromatic rings. The van der Waals surface area contributed by atoms with Crippen LogP contribution in [0, 0.1) is 11.3 Å². The number of nitriles is 1. The number of aromatic amines is 1. The average Bonchev–Trinajstić information content (AvgIpc) is 3.22. The number of ether oxygens (including phenoxy) is 1. The number of aromatic nitrogens is 4. The quantitative estimate of drug-likeness (QED) is 0.511. The van der Waals surface area contributed by atoms with Crippen LogP contribution in [0.15, 0.2) is 42.5 Å². The number of primary amides is 1. The lowest BCUT2D eigenvalue weighted by atomic mass is 9.93. The Morgan fingerprint density at radius 1 is 1.19 bits per heavy atom. The molecule has 0 bridgehead atoms. The molecule has 3 heterocycles. The number of hydrogen-bond donors (Lipinski definition) is 2. The predicted octanol–water partition coefficient (Wildman–Crippen LogP) is 3.50. The Bertz CT molecular complexity index is 1380. The summed E-state index contributed by atoms with van der Waals surface area (Å²) >= 11 is 0. The standard InChI is InChI=1S/C23H21N7O2/c1-23(32-21(25)31)8-10-30(11-9-23)22-26-17(13-24)18-19(28-29-20(18)27-22)16-7-6-14-4-2-3-5-15(14)12-16/h2-7,12H,8-11H2,1H3,(H2,25,31)(H,26,27,28,29). The van der Waals surface area contributed by atoms with Gasteiger partial charge in [-0.05, 0) is 23.8 Å². The van der Waals surface area contributed by atoms with Gasteiger partial charge in [0.1, 0.15) is 11.7 Å². The van der Waals surface area contributed by atoms with Gasteiger partial charge in [0.25, 0.3) is 0 Å². The van der Waals surface area contributed by atoms with Crippen LogP contribution < -0.4 is 10.6 Å². The number of rotatable bonds is 3. The van der Waals surface area contributed by atoms with E-state index in [1.807, 2.05) is 42.2 Å². The zero-order valence-corrected chi connectivity index (χ0v) is 17.5. The molecule has 2 aromatic carbocycles. The van der Waals surface area contributed by atoms with Crippen molar-refractivity contribution in [3.05, 3.63) is 48.2 Å². The molecule has 32 heavy (non-hydrogen) atoms. The number of anilines is 1. The van der Waals surface area contributed by atoms with E-state index < -0.39 is 11.7 Å². The van der Waals surface area contributed by atoms with Gasteiger partial charge >= 0.3 is 6.09 Å². The van der Waals surface area contributed by atoms with Crippen molar-refractivity contribution in [1.82, 2.24) is 20.2 Å². The number of piperidine rings is 1. The van der Waals surface area contributed by atoms with Gasteiger partial charge in [-0.25, -0.2) is 9.78 Å². The number of fused-ring (bicyclic) bond motifs is 2. The first kappa shape index (κ1) is 19.8. The Labute approximate surface area is 183 Å². The number of hydrogen-bond acceptors (Lipinski definition) is 7. The molecule has 1 fully saturated rings. The molecule has 160 valence electrons. The van der Waals surface area contributed by atoms with E-state index in [1.165, 1.54) is 0 Å². The Balaban J connectivity index is 1.50. The van der Waals surface area contributed by atoms with Gasteiger partial charge in [-0.15, -0.1) is 0 Å². The summed E-state index contributed by atoms with van der Waals surface area (Å²) in [6.07, 6.45) is 0.396. The third-order valence-corrected chi connectivity index (χ3v) is 6.00. The fraction of sp³-hybridized carbons (Fsp3) is 0.261.